The van der Waals surface area contributed by atoms with Crippen LogP contribution in [-0.2, 0) is 6.42 Å². The lowest BCUT2D eigenvalue weighted by molar-refractivity contribution is 0.100. The molecule has 3 N–H and O–H groups in total. The Morgan fingerprint density at radius 2 is 2.20 bits per heavy atom. The third kappa shape index (κ3) is 2.72. The van der Waals surface area contributed by atoms with Gasteiger partial charge in [0.05, 0.1) is 5.56 Å². The molecule has 0 aliphatic rings. The quantitative estimate of drug-likeness (QED) is 0.775. The summed E-state index contributed by atoms with van der Waals surface area (Å²) in [7, 11) is 1.82. The number of aryl methyl sites for hydroxylation is 1. The zero-order chi connectivity index (χ0) is 11.3. The van der Waals surface area contributed by atoms with Crippen molar-refractivity contribution >= 4 is 11.6 Å². The summed E-state index contributed by atoms with van der Waals surface area (Å²) in [5.74, 6) is -0.377. The minimum atomic E-state index is -0.377. The number of amides is 1. The average Bonchev–Trinajstić information content (AvgIpc) is 2.25. The van der Waals surface area contributed by atoms with Crippen molar-refractivity contribution < 1.29 is 4.79 Å². The molecule has 0 radical (unpaired) electrons. The van der Waals surface area contributed by atoms with E-state index < -0.39 is 0 Å². The number of hydrogen-bond donors (Lipinski definition) is 2. The molecule has 3 heteroatoms. The maximum absolute atomic E-state index is 11.2. The zero-order valence-corrected chi connectivity index (χ0v) is 9.34. The van der Waals surface area contributed by atoms with E-state index in [0.29, 0.717) is 5.56 Å². The van der Waals surface area contributed by atoms with Crippen molar-refractivity contribution in [2.24, 2.45) is 5.73 Å². The number of nitrogens with two attached hydrogens (primary N) is 1. The molecule has 0 aliphatic carbocycles. The standard InChI is InChI=1S/C12H18N2O/c1-3-4-6-9-7-5-8-10(12(13)15)11(9)14-2/h5,7-8,14H,3-4,6H2,1-2H3,(H2,13,15). The lowest BCUT2D eigenvalue weighted by atomic mass is 10.0. The fourth-order valence-corrected chi connectivity index (χ4v) is 1.68. The number of rotatable bonds is 5. The van der Waals surface area contributed by atoms with Crippen LogP contribution in [0.25, 0.3) is 0 Å². The topological polar surface area (TPSA) is 55.1 Å². The predicted molar refractivity (Wildman–Crippen MR) is 63.1 cm³/mol. The molecular formula is C12H18N2O. The van der Waals surface area contributed by atoms with Gasteiger partial charge in [-0.25, -0.2) is 0 Å². The monoisotopic (exact) mass is 206 g/mol. The molecule has 0 spiro atoms. The maximum atomic E-state index is 11.2. The van der Waals surface area contributed by atoms with Gasteiger partial charge in [-0.15, -0.1) is 0 Å². The summed E-state index contributed by atoms with van der Waals surface area (Å²) in [6.45, 7) is 2.15. The van der Waals surface area contributed by atoms with Gasteiger partial charge in [0.1, 0.15) is 0 Å². The SMILES string of the molecule is CCCCc1cccc(C(N)=O)c1NC. The lowest BCUT2D eigenvalue weighted by Gasteiger charge is -2.12. The summed E-state index contributed by atoms with van der Waals surface area (Å²) in [6.07, 6.45) is 3.24. The zero-order valence-electron chi connectivity index (χ0n) is 9.34. The van der Waals surface area contributed by atoms with Crippen molar-refractivity contribution in [3.63, 3.8) is 0 Å². The number of benzene rings is 1. The Balaban J connectivity index is 3.04. The van der Waals surface area contributed by atoms with Crippen LogP contribution in [0.1, 0.15) is 35.7 Å². The van der Waals surface area contributed by atoms with Crippen molar-refractivity contribution in [3.05, 3.63) is 29.3 Å². The Labute approximate surface area is 90.7 Å². The summed E-state index contributed by atoms with van der Waals surface area (Å²) in [4.78, 5) is 11.2. The number of primary amides is 1. The molecule has 1 aromatic carbocycles. The van der Waals surface area contributed by atoms with E-state index in [-0.39, 0.29) is 5.91 Å². The molecule has 0 atom stereocenters. The van der Waals surface area contributed by atoms with Crippen LogP contribution in [0.15, 0.2) is 18.2 Å². The van der Waals surface area contributed by atoms with E-state index in [2.05, 4.69) is 12.2 Å². The summed E-state index contributed by atoms with van der Waals surface area (Å²) in [5.41, 5.74) is 7.92. The summed E-state index contributed by atoms with van der Waals surface area (Å²) in [6, 6.07) is 5.67. The van der Waals surface area contributed by atoms with Gasteiger partial charge in [0.15, 0.2) is 0 Å². The number of hydrogen-bond acceptors (Lipinski definition) is 2. The van der Waals surface area contributed by atoms with Crippen molar-refractivity contribution in [3.8, 4) is 0 Å². The second kappa shape index (κ2) is 5.39. The van der Waals surface area contributed by atoms with Crippen molar-refractivity contribution in [1.29, 1.82) is 0 Å². The molecule has 0 saturated heterocycles. The largest absolute Gasteiger partial charge is 0.387 e. The van der Waals surface area contributed by atoms with Crippen LogP contribution in [0, 0.1) is 0 Å². The minimum absolute atomic E-state index is 0.377. The number of unbranched alkanes of at least 4 members (excludes halogenated alkanes) is 1. The highest BCUT2D eigenvalue weighted by Gasteiger charge is 2.10. The molecule has 1 amide bonds. The van der Waals surface area contributed by atoms with Gasteiger partial charge in [-0.05, 0) is 24.5 Å². The number of para-hydroxylation sites is 1. The van der Waals surface area contributed by atoms with Gasteiger partial charge in [0.25, 0.3) is 5.91 Å². The van der Waals surface area contributed by atoms with Crippen LogP contribution >= 0.6 is 0 Å². The molecule has 0 aromatic heterocycles. The average molecular weight is 206 g/mol. The second-order valence-electron chi connectivity index (χ2n) is 3.56. The molecule has 82 valence electrons. The summed E-state index contributed by atoms with van der Waals surface area (Å²) < 4.78 is 0. The Morgan fingerprint density at radius 1 is 1.47 bits per heavy atom. The number of carbonyl (C=O) groups is 1. The first-order valence-electron chi connectivity index (χ1n) is 5.30. The summed E-state index contributed by atoms with van der Waals surface area (Å²) >= 11 is 0. The lowest BCUT2D eigenvalue weighted by Crippen LogP contribution is -2.14. The molecule has 0 saturated carbocycles. The summed E-state index contributed by atoms with van der Waals surface area (Å²) in [5, 5.41) is 3.05. The van der Waals surface area contributed by atoms with E-state index >= 15 is 0 Å². The molecular weight excluding hydrogens is 188 g/mol. The van der Waals surface area contributed by atoms with Gasteiger partial charge in [0.2, 0.25) is 0 Å². The van der Waals surface area contributed by atoms with Gasteiger partial charge < -0.3 is 11.1 Å². The molecule has 1 aromatic rings. The van der Waals surface area contributed by atoms with Gasteiger partial charge in [-0.3, -0.25) is 4.79 Å². The second-order valence-corrected chi connectivity index (χ2v) is 3.56. The van der Waals surface area contributed by atoms with E-state index in [1.54, 1.807) is 6.07 Å². The van der Waals surface area contributed by atoms with Crippen molar-refractivity contribution in [2.75, 3.05) is 12.4 Å². The number of anilines is 1. The Kier molecular flexibility index (Phi) is 4.16. The van der Waals surface area contributed by atoms with Gasteiger partial charge in [-0.2, -0.15) is 0 Å². The first-order chi connectivity index (χ1) is 7.20. The third-order valence-corrected chi connectivity index (χ3v) is 2.47. The van der Waals surface area contributed by atoms with Crippen LogP contribution in [-0.4, -0.2) is 13.0 Å². The molecule has 3 nitrogen and oxygen atoms in total. The van der Waals surface area contributed by atoms with E-state index in [0.717, 1.165) is 30.5 Å². The third-order valence-electron chi connectivity index (χ3n) is 2.47. The fraction of sp³-hybridized carbons (Fsp3) is 0.417. The van der Waals surface area contributed by atoms with Crippen molar-refractivity contribution in [1.82, 2.24) is 0 Å². The molecule has 0 heterocycles. The van der Waals surface area contributed by atoms with E-state index in [1.807, 2.05) is 19.2 Å². The predicted octanol–water partition coefficient (Wildman–Crippen LogP) is 2.17. The molecule has 0 aliphatic heterocycles. The molecule has 0 unspecified atom stereocenters. The first kappa shape index (κ1) is 11.6. The van der Waals surface area contributed by atoms with Gasteiger partial charge in [-0.1, -0.05) is 25.5 Å². The van der Waals surface area contributed by atoms with Crippen molar-refractivity contribution in [2.45, 2.75) is 26.2 Å². The minimum Gasteiger partial charge on any atom is -0.387 e. The normalized spacial score (nSPS) is 10.0. The van der Waals surface area contributed by atoms with E-state index in [1.165, 1.54) is 0 Å². The number of carbonyl (C=O) groups excluding carboxylic acids is 1. The van der Waals surface area contributed by atoms with Gasteiger partial charge in [0, 0.05) is 12.7 Å². The highest BCUT2D eigenvalue weighted by Crippen LogP contribution is 2.22. The van der Waals surface area contributed by atoms with Crippen LogP contribution in [0.4, 0.5) is 5.69 Å². The van der Waals surface area contributed by atoms with E-state index in [4.69, 9.17) is 5.73 Å². The number of nitrogens with one attached hydrogen (secondary N) is 1. The van der Waals surface area contributed by atoms with Crippen LogP contribution in [0.3, 0.4) is 0 Å². The van der Waals surface area contributed by atoms with Gasteiger partial charge >= 0.3 is 0 Å². The molecule has 0 bridgehead atoms. The van der Waals surface area contributed by atoms with E-state index in [9.17, 15) is 4.79 Å². The molecule has 0 fully saturated rings. The first-order valence-corrected chi connectivity index (χ1v) is 5.30. The Morgan fingerprint density at radius 3 is 2.73 bits per heavy atom. The smallest absolute Gasteiger partial charge is 0.250 e. The Hall–Kier alpha value is -1.51. The van der Waals surface area contributed by atoms with Crippen LogP contribution < -0.4 is 11.1 Å². The molecule has 15 heavy (non-hydrogen) atoms. The van der Waals surface area contributed by atoms with Crippen LogP contribution in [0.5, 0.6) is 0 Å². The Bertz CT molecular complexity index is 347. The van der Waals surface area contributed by atoms with Crippen LogP contribution in [0.2, 0.25) is 0 Å². The highest BCUT2D eigenvalue weighted by molar-refractivity contribution is 5.99. The molecule has 1 rings (SSSR count). The maximum Gasteiger partial charge on any atom is 0.250 e. The highest BCUT2D eigenvalue weighted by atomic mass is 16.1. The fourth-order valence-electron chi connectivity index (χ4n) is 1.68.